The zero-order chi connectivity index (χ0) is 19.2. The van der Waals surface area contributed by atoms with Crippen LogP contribution in [0.4, 0.5) is 10.1 Å². The van der Waals surface area contributed by atoms with Gasteiger partial charge in [0.1, 0.15) is 5.75 Å². The molecule has 0 aliphatic rings. The Hall–Kier alpha value is -3.25. The second-order valence-corrected chi connectivity index (χ2v) is 5.88. The van der Waals surface area contributed by atoms with Crippen LogP contribution in [0.5, 0.6) is 11.5 Å². The predicted molar refractivity (Wildman–Crippen MR) is 101 cm³/mol. The average molecular weight is 366 g/mol. The number of methoxy groups -OCH3 is 1. The van der Waals surface area contributed by atoms with E-state index < -0.39 is 5.82 Å². The summed E-state index contributed by atoms with van der Waals surface area (Å²) >= 11 is 0. The topological polar surface area (TPSA) is 60.5 Å². The van der Waals surface area contributed by atoms with Crippen molar-refractivity contribution in [1.82, 2.24) is 4.98 Å². The lowest BCUT2D eigenvalue weighted by Crippen LogP contribution is -2.14. The molecule has 3 rings (SSSR count). The monoisotopic (exact) mass is 366 g/mol. The number of aromatic nitrogens is 1. The highest BCUT2D eigenvalue weighted by Crippen LogP contribution is 2.25. The van der Waals surface area contributed by atoms with Crippen LogP contribution in [-0.4, -0.2) is 18.0 Å². The minimum atomic E-state index is -0.435. The van der Waals surface area contributed by atoms with Gasteiger partial charge in [0.25, 0.3) is 5.91 Å². The molecule has 1 N–H and O–H groups in total. The van der Waals surface area contributed by atoms with Gasteiger partial charge in [0, 0.05) is 12.8 Å². The molecule has 0 radical (unpaired) electrons. The van der Waals surface area contributed by atoms with Gasteiger partial charge >= 0.3 is 0 Å². The second-order valence-electron chi connectivity index (χ2n) is 5.88. The second kappa shape index (κ2) is 8.42. The van der Waals surface area contributed by atoms with Gasteiger partial charge in [-0.25, -0.2) is 4.39 Å². The van der Waals surface area contributed by atoms with Crippen LogP contribution in [-0.2, 0) is 11.3 Å². The molecule has 5 nitrogen and oxygen atoms in total. The minimum absolute atomic E-state index is 0.145. The van der Waals surface area contributed by atoms with Crippen molar-refractivity contribution >= 4 is 11.6 Å². The van der Waals surface area contributed by atoms with Crippen molar-refractivity contribution in [2.24, 2.45) is 0 Å². The number of nitrogens with one attached hydrogen (secondary N) is 1. The van der Waals surface area contributed by atoms with Crippen molar-refractivity contribution in [2.45, 2.75) is 13.5 Å². The maximum Gasteiger partial charge on any atom is 0.257 e. The number of pyridine rings is 1. The number of rotatable bonds is 6. The van der Waals surface area contributed by atoms with Crippen molar-refractivity contribution in [1.29, 1.82) is 0 Å². The molecule has 0 saturated heterocycles. The van der Waals surface area contributed by atoms with Gasteiger partial charge in [-0.3, -0.25) is 9.78 Å². The van der Waals surface area contributed by atoms with E-state index in [4.69, 9.17) is 9.47 Å². The van der Waals surface area contributed by atoms with E-state index in [0.29, 0.717) is 29.3 Å². The zero-order valence-corrected chi connectivity index (χ0v) is 15.0. The number of anilines is 1. The van der Waals surface area contributed by atoms with Gasteiger partial charge in [-0.1, -0.05) is 12.1 Å². The third-order valence-electron chi connectivity index (χ3n) is 3.86. The van der Waals surface area contributed by atoms with Gasteiger partial charge in [0.05, 0.1) is 23.6 Å². The third-order valence-corrected chi connectivity index (χ3v) is 3.86. The Morgan fingerprint density at radius 1 is 1.07 bits per heavy atom. The molecule has 0 bridgehead atoms. The number of halogens is 1. The van der Waals surface area contributed by atoms with Gasteiger partial charge < -0.3 is 14.8 Å². The molecule has 1 amide bonds. The molecule has 3 aromatic rings. The number of nitrogens with zero attached hydrogens (tertiary/aromatic N) is 1. The van der Waals surface area contributed by atoms with Crippen molar-refractivity contribution in [2.75, 3.05) is 12.4 Å². The molecule has 1 aromatic heterocycles. The normalized spacial score (nSPS) is 10.5. The first-order chi connectivity index (χ1) is 13.1. The summed E-state index contributed by atoms with van der Waals surface area (Å²) in [5.41, 5.74) is 2.48. The van der Waals surface area contributed by atoms with E-state index in [1.165, 1.54) is 6.07 Å². The first-order valence-electron chi connectivity index (χ1n) is 8.36. The van der Waals surface area contributed by atoms with Crippen molar-refractivity contribution in [3.05, 3.63) is 83.4 Å². The predicted octanol–water partition coefficient (Wildman–Crippen LogP) is 4.72. The highest BCUT2D eigenvalue weighted by Gasteiger charge is 2.11. The molecule has 6 heteroatoms. The Kier molecular flexibility index (Phi) is 5.78. The Balaban J connectivity index is 1.67. The lowest BCUT2D eigenvalue weighted by atomic mass is 10.1. The molecular weight excluding hydrogens is 347 g/mol. The lowest BCUT2D eigenvalue weighted by molar-refractivity contribution is 0.102. The number of hydrogen-bond donors (Lipinski definition) is 1. The standard InChI is InChI=1S/C21H19FN2O3/c1-14-18(12-9-16(23-14)13-26-2)21(25)24-15-7-10-17(11-8-15)27-20-6-4-3-5-19(20)22/h3-12H,13H2,1-2H3,(H,24,25). The first-order valence-corrected chi connectivity index (χ1v) is 8.36. The lowest BCUT2D eigenvalue weighted by Gasteiger charge is -2.10. The van der Waals surface area contributed by atoms with Crippen LogP contribution in [0.25, 0.3) is 0 Å². The highest BCUT2D eigenvalue weighted by atomic mass is 19.1. The number of hydrogen-bond acceptors (Lipinski definition) is 4. The summed E-state index contributed by atoms with van der Waals surface area (Å²) in [6, 6.07) is 16.4. The van der Waals surface area contributed by atoms with E-state index in [0.717, 1.165) is 5.69 Å². The van der Waals surface area contributed by atoms with Crippen LogP contribution in [0, 0.1) is 12.7 Å². The molecule has 2 aromatic carbocycles. The molecule has 0 unspecified atom stereocenters. The van der Waals surface area contributed by atoms with Crippen molar-refractivity contribution < 1.29 is 18.7 Å². The number of benzene rings is 2. The summed E-state index contributed by atoms with van der Waals surface area (Å²) in [4.78, 5) is 16.8. The minimum Gasteiger partial charge on any atom is -0.454 e. The molecular formula is C21H19FN2O3. The Morgan fingerprint density at radius 3 is 2.48 bits per heavy atom. The third kappa shape index (κ3) is 4.68. The fourth-order valence-electron chi connectivity index (χ4n) is 2.54. The molecule has 1 heterocycles. The van der Waals surface area contributed by atoms with Crippen LogP contribution in [0.15, 0.2) is 60.7 Å². The zero-order valence-electron chi connectivity index (χ0n) is 15.0. The van der Waals surface area contributed by atoms with Crippen LogP contribution >= 0.6 is 0 Å². The molecule has 0 atom stereocenters. The Morgan fingerprint density at radius 2 is 1.81 bits per heavy atom. The highest BCUT2D eigenvalue weighted by molar-refractivity contribution is 6.05. The maximum atomic E-state index is 13.6. The number of para-hydroxylation sites is 1. The quantitative estimate of drug-likeness (QED) is 0.686. The summed E-state index contributed by atoms with van der Waals surface area (Å²) in [5.74, 6) is -0.0755. The SMILES string of the molecule is COCc1ccc(C(=O)Nc2ccc(Oc3ccccc3F)cc2)c(C)n1. The van der Waals surface area contributed by atoms with Crippen molar-refractivity contribution in [3.8, 4) is 11.5 Å². The van der Waals surface area contributed by atoms with Gasteiger partial charge in [-0.05, 0) is 55.5 Å². The Labute approximate surface area is 156 Å². The number of carbonyl (C=O) groups is 1. The van der Waals surface area contributed by atoms with E-state index in [1.54, 1.807) is 68.6 Å². The Bertz CT molecular complexity index is 942. The van der Waals surface area contributed by atoms with Crippen LogP contribution < -0.4 is 10.1 Å². The summed E-state index contributed by atoms with van der Waals surface area (Å²) < 4.78 is 24.2. The smallest absolute Gasteiger partial charge is 0.257 e. The fourth-order valence-corrected chi connectivity index (χ4v) is 2.54. The summed E-state index contributed by atoms with van der Waals surface area (Å²) in [5, 5.41) is 2.81. The van der Waals surface area contributed by atoms with E-state index >= 15 is 0 Å². The molecule has 0 saturated carbocycles. The number of aryl methyl sites for hydroxylation is 1. The van der Waals surface area contributed by atoms with Gasteiger partial charge in [-0.2, -0.15) is 0 Å². The summed E-state index contributed by atoms with van der Waals surface area (Å²) in [7, 11) is 1.59. The molecule has 138 valence electrons. The number of carbonyl (C=O) groups excluding carboxylic acids is 1. The van der Waals surface area contributed by atoms with E-state index in [2.05, 4.69) is 10.3 Å². The molecule has 0 aliphatic carbocycles. The molecule has 0 fully saturated rings. The first kappa shape index (κ1) is 18.5. The molecule has 27 heavy (non-hydrogen) atoms. The maximum absolute atomic E-state index is 13.6. The average Bonchev–Trinajstić information content (AvgIpc) is 2.65. The van der Waals surface area contributed by atoms with Crippen molar-refractivity contribution in [3.63, 3.8) is 0 Å². The van der Waals surface area contributed by atoms with E-state index in [1.807, 2.05) is 0 Å². The molecule has 0 spiro atoms. The molecule has 0 aliphatic heterocycles. The van der Waals surface area contributed by atoms with E-state index in [-0.39, 0.29) is 11.7 Å². The summed E-state index contributed by atoms with van der Waals surface area (Å²) in [6.45, 7) is 2.17. The van der Waals surface area contributed by atoms with Gasteiger partial charge in [0.15, 0.2) is 11.6 Å². The number of amides is 1. The van der Waals surface area contributed by atoms with Crippen LogP contribution in [0.3, 0.4) is 0 Å². The number of ether oxygens (including phenoxy) is 2. The van der Waals surface area contributed by atoms with Gasteiger partial charge in [-0.15, -0.1) is 0 Å². The summed E-state index contributed by atoms with van der Waals surface area (Å²) in [6.07, 6.45) is 0. The van der Waals surface area contributed by atoms with Gasteiger partial charge in [0.2, 0.25) is 0 Å². The van der Waals surface area contributed by atoms with E-state index in [9.17, 15) is 9.18 Å². The largest absolute Gasteiger partial charge is 0.454 e. The van der Waals surface area contributed by atoms with Crippen LogP contribution in [0.2, 0.25) is 0 Å². The fraction of sp³-hybridized carbons (Fsp3) is 0.143. The van der Waals surface area contributed by atoms with Crippen LogP contribution in [0.1, 0.15) is 21.7 Å².